The lowest BCUT2D eigenvalue weighted by molar-refractivity contribution is 0.354. The molecule has 5 aromatic rings. The minimum Gasteiger partial charge on any atom is -0.462 e. The summed E-state index contributed by atoms with van der Waals surface area (Å²) in [7, 11) is 0. The maximum atomic E-state index is 6.59. The fraction of sp³-hybridized carbons (Fsp3) is 0.103. The van der Waals surface area contributed by atoms with Gasteiger partial charge in [-0.25, -0.2) is 0 Å². The van der Waals surface area contributed by atoms with Crippen LogP contribution in [0, 0.1) is 5.92 Å². The molecule has 156 valence electrons. The van der Waals surface area contributed by atoms with Gasteiger partial charge in [0.2, 0.25) is 0 Å². The predicted molar refractivity (Wildman–Crippen MR) is 132 cm³/mol. The Morgan fingerprint density at radius 1 is 0.758 bits per heavy atom. The first-order valence-electron chi connectivity index (χ1n) is 11.5. The standard InChI is InChI=1S/C29H19BO3/c1-16-13-17-7-2-3-8-18(17)27-29(16)33-24-12-6-11-23-28(24)30(27)21-14-20-19-9-4-5-10-22(19)31-25(20)15-26(21)32-23/h2-12,14-16H,13H2,1H3. The molecule has 1 aromatic heterocycles. The van der Waals surface area contributed by atoms with Crippen LogP contribution >= 0.6 is 0 Å². The number of benzene rings is 4. The van der Waals surface area contributed by atoms with Gasteiger partial charge in [-0.3, -0.25) is 0 Å². The third-order valence-electron chi connectivity index (χ3n) is 7.41. The highest BCUT2D eigenvalue weighted by molar-refractivity contribution is 7.02. The van der Waals surface area contributed by atoms with Crippen molar-refractivity contribution in [2.45, 2.75) is 13.3 Å². The van der Waals surface area contributed by atoms with E-state index in [0.717, 1.165) is 56.8 Å². The van der Waals surface area contributed by atoms with Gasteiger partial charge < -0.3 is 13.9 Å². The molecule has 8 rings (SSSR count). The van der Waals surface area contributed by atoms with E-state index >= 15 is 0 Å². The van der Waals surface area contributed by atoms with Gasteiger partial charge in [-0.15, -0.1) is 0 Å². The maximum Gasteiger partial charge on any atom is 0.261 e. The summed E-state index contributed by atoms with van der Waals surface area (Å²) >= 11 is 0. The highest BCUT2D eigenvalue weighted by Crippen LogP contribution is 2.45. The molecule has 3 aliphatic rings. The molecule has 0 saturated heterocycles. The third kappa shape index (κ3) is 2.25. The molecule has 1 atom stereocenters. The van der Waals surface area contributed by atoms with E-state index in [9.17, 15) is 0 Å². The highest BCUT2D eigenvalue weighted by Gasteiger charge is 2.45. The average Bonchev–Trinajstić information content (AvgIpc) is 3.20. The molecule has 2 aliphatic heterocycles. The molecule has 0 radical (unpaired) electrons. The predicted octanol–water partition coefficient (Wildman–Crippen LogP) is 5.84. The molecule has 0 amide bonds. The Bertz CT molecular complexity index is 1680. The Labute approximate surface area is 191 Å². The fourth-order valence-electron chi connectivity index (χ4n) is 6.00. The zero-order chi connectivity index (χ0) is 21.7. The van der Waals surface area contributed by atoms with Crippen LogP contribution in [-0.2, 0) is 6.42 Å². The van der Waals surface area contributed by atoms with Gasteiger partial charge in [-0.1, -0.05) is 61.5 Å². The van der Waals surface area contributed by atoms with Gasteiger partial charge >= 0.3 is 0 Å². The molecule has 33 heavy (non-hydrogen) atoms. The van der Waals surface area contributed by atoms with E-state index in [1.165, 1.54) is 22.1 Å². The number of allylic oxidation sites excluding steroid dienone is 1. The fourth-order valence-corrected chi connectivity index (χ4v) is 6.00. The minimum atomic E-state index is 0.0608. The summed E-state index contributed by atoms with van der Waals surface area (Å²) in [5.41, 5.74) is 8.01. The second-order valence-electron chi connectivity index (χ2n) is 9.33. The highest BCUT2D eigenvalue weighted by atomic mass is 16.5. The van der Waals surface area contributed by atoms with Gasteiger partial charge in [0.05, 0.1) is 0 Å². The molecule has 0 spiro atoms. The van der Waals surface area contributed by atoms with Crippen LogP contribution in [0.3, 0.4) is 0 Å². The molecule has 3 nitrogen and oxygen atoms in total. The van der Waals surface area contributed by atoms with Gasteiger partial charge in [0.15, 0.2) is 0 Å². The van der Waals surface area contributed by atoms with Crippen LogP contribution in [0.4, 0.5) is 0 Å². The maximum absolute atomic E-state index is 6.59. The van der Waals surface area contributed by atoms with E-state index < -0.39 is 0 Å². The van der Waals surface area contributed by atoms with Gasteiger partial charge in [-0.2, -0.15) is 0 Å². The Morgan fingerprint density at radius 3 is 2.52 bits per heavy atom. The Morgan fingerprint density at radius 2 is 1.58 bits per heavy atom. The van der Waals surface area contributed by atoms with Gasteiger partial charge in [-0.05, 0) is 46.7 Å². The number of furan rings is 1. The first kappa shape index (κ1) is 17.6. The molecule has 1 aliphatic carbocycles. The quantitative estimate of drug-likeness (QED) is 0.292. The van der Waals surface area contributed by atoms with E-state index in [1.54, 1.807) is 0 Å². The van der Waals surface area contributed by atoms with Crippen molar-refractivity contribution in [3.05, 3.63) is 95.7 Å². The largest absolute Gasteiger partial charge is 0.462 e. The summed E-state index contributed by atoms with van der Waals surface area (Å²) in [5.74, 6) is 4.04. The van der Waals surface area contributed by atoms with Crippen LogP contribution in [0.5, 0.6) is 17.2 Å². The number of hydrogen-bond donors (Lipinski definition) is 0. The van der Waals surface area contributed by atoms with Crippen LogP contribution in [0.15, 0.2) is 89.0 Å². The van der Waals surface area contributed by atoms with E-state index in [4.69, 9.17) is 13.9 Å². The minimum absolute atomic E-state index is 0.0608. The first-order chi connectivity index (χ1) is 16.3. The van der Waals surface area contributed by atoms with Gasteiger partial charge in [0.25, 0.3) is 6.71 Å². The topological polar surface area (TPSA) is 31.6 Å². The second-order valence-corrected chi connectivity index (χ2v) is 9.33. The zero-order valence-electron chi connectivity index (χ0n) is 18.1. The molecule has 0 bridgehead atoms. The second kappa shape index (κ2) is 6.11. The monoisotopic (exact) mass is 426 g/mol. The van der Waals surface area contributed by atoms with Crippen molar-refractivity contribution >= 4 is 45.0 Å². The van der Waals surface area contributed by atoms with Crippen molar-refractivity contribution in [2.75, 3.05) is 0 Å². The summed E-state index contributed by atoms with van der Waals surface area (Å²) in [5, 5.41) is 2.26. The van der Waals surface area contributed by atoms with Crippen molar-refractivity contribution in [3.63, 3.8) is 0 Å². The number of ether oxygens (including phenoxy) is 2. The van der Waals surface area contributed by atoms with E-state index in [0.29, 0.717) is 5.92 Å². The van der Waals surface area contributed by atoms with E-state index in [1.807, 2.05) is 24.3 Å². The zero-order valence-corrected chi connectivity index (χ0v) is 18.1. The Kier molecular flexibility index (Phi) is 3.26. The molecule has 0 saturated carbocycles. The van der Waals surface area contributed by atoms with Crippen LogP contribution in [0.2, 0.25) is 0 Å². The van der Waals surface area contributed by atoms with Crippen LogP contribution in [-0.4, -0.2) is 6.71 Å². The van der Waals surface area contributed by atoms with Crippen molar-refractivity contribution < 1.29 is 13.9 Å². The van der Waals surface area contributed by atoms with E-state index in [2.05, 4.69) is 61.5 Å². The number of hydrogen-bond acceptors (Lipinski definition) is 3. The molecule has 1 unspecified atom stereocenters. The first-order valence-corrected chi connectivity index (χ1v) is 11.5. The normalized spacial score (nSPS) is 17.7. The van der Waals surface area contributed by atoms with Crippen molar-refractivity contribution in [1.82, 2.24) is 0 Å². The van der Waals surface area contributed by atoms with Crippen molar-refractivity contribution in [2.24, 2.45) is 5.92 Å². The summed E-state index contributed by atoms with van der Waals surface area (Å²) in [4.78, 5) is 0. The summed E-state index contributed by atoms with van der Waals surface area (Å²) in [6.07, 6.45) is 0.992. The lowest BCUT2D eigenvalue weighted by atomic mass is 9.32. The number of fused-ring (bicyclic) bond motifs is 8. The van der Waals surface area contributed by atoms with Gasteiger partial charge in [0, 0.05) is 28.2 Å². The number of rotatable bonds is 0. The van der Waals surface area contributed by atoms with Gasteiger partial charge in [0.1, 0.15) is 34.2 Å². The molecule has 0 N–H and O–H groups in total. The average molecular weight is 426 g/mol. The smallest absolute Gasteiger partial charge is 0.261 e. The third-order valence-corrected chi connectivity index (χ3v) is 7.41. The van der Waals surface area contributed by atoms with Crippen LogP contribution < -0.4 is 20.4 Å². The Balaban J connectivity index is 1.48. The lowest BCUT2D eigenvalue weighted by Crippen LogP contribution is -2.52. The van der Waals surface area contributed by atoms with Crippen molar-refractivity contribution in [1.29, 1.82) is 0 Å². The summed E-state index contributed by atoms with van der Waals surface area (Å²) in [6, 6.07) is 27.5. The van der Waals surface area contributed by atoms with E-state index in [-0.39, 0.29) is 6.71 Å². The molecule has 4 heteroatoms. The molecule has 3 heterocycles. The summed E-state index contributed by atoms with van der Waals surface area (Å²) in [6.45, 7) is 2.33. The SMILES string of the molecule is CC1Cc2ccccc2C2=C1Oc1cccc3c1B2c1cc2c(cc1O3)oc1ccccc12. The Hall–Kier alpha value is -3.92. The number of para-hydroxylation sites is 1. The molecule has 0 fully saturated rings. The lowest BCUT2D eigenvalue weighted by Gasteiger charge is -2.39. The van der Waals surface area contributed by atoms with Crippen molar-refractivity contribution in [3.8, 4) is 17.2 Å². The molecular weight excluding hydrogens is 407 g/mol. The summed E-state index contributed by atoms with van der Waals surface area (Å²) < 4.78 is 19.2. The van der Waals surface area contributed by atoms with Crippen LogP contribution in [0.25, 0.3) is 27.4 Å². The van der Waals surface area contributed by atoms with Crippen LogP contribution in [0.1, 0.15) is 18.1 Å². The molecule has 4 aromatic carbocycles. The molecular formula is C29H19BO3.